The maximum absolute atomic E-state index is 14.1. The van der Waals surface area contributed by atoms with Gasteiger partial charge in [-0.1, -0.05) is 78.3 Å². The maximum Gasteiger partial charge on any atom is 0.416 e. The molecule has 1 unspecified atom stereocenters. The number of hydrogen-bond donors (Lipinski definition) is 2. The zero-order valence-corrected chi connectivity index (χ0v) is 27.4. The Balaban J connectivity index is 1.55. The van der Waals surface area contributed by atoms with E-state index in [1.165, 1.54) is 79.7 Å². The van der Waals surface area contributed by atoms with Crippen molar-refractivity contribution in [2.24, 2.45) is 0 Å². The van der Waals surface area contributed by atoms with Crippen LogP contribution in [-0.2, 0) is 31.3 Å². The van der Waals surface area contributed by atoms with E-state index < -0.39 is 45.0 Å². The van der Waals surface area contributed by atoms with Crippen LogP contribution in [-0.4, -0.2) is 27.4 Å². The lowest BCUT2D eigenvalue weighted by atomic mass is 9.89. The Kier molecular flexibility index (Phi) is 9.84. The third-order valence-corrected chi connectivity index (χ3v) is 9.45. The van der Waals surface area contributed by atoms with Crippen LogP contribution < -0.4 is 10.0 Å². The third-order valence-electron chi connectivity index (χ3n) is 7.78. The molecule has 0 aliphatic rings. The minimum atomic E-state index is -4.56. The molecule has 0 radical (unpaired) electrons. The van der Waals surface area contributed by atoms with Crippen LogP contribution >= 0.6 is 11.6 Å². The SMILES string of the molecule is COC(=O)C(C)(NC(=O)c1cc(-c2ccc(C(F)(F)F)cc2)ccc1NS(=O)(=O)c1ccccc1)c1ccc(-c2ccc(F)c(Cl)c2)cc1. The summed E-state index contributed by atoms with van der Waals surface area (Å²) in [5.41, 5.74) is -0.958. The Labute approximate surface area is 284 Å². The lowest BCUT2D eigenvalue weighted by Crippen LogP contribution is -2.50. The Morgan fingerprint density at radius 3 is 1.82 bits per heavy atom. The van der Waals surface area contributed by atoms with Crippen LogP contribution in [0.3, 0.4) is 0 Å². The first-order valence-electron chi connectivity index (χ1n) is 14.5. The molecular weight excluding hydrogens is 684 g/mol. The summed E-state index contributed by atoms with van der Waals surface area (Å²) < 4.78 is 87.3. The summed E-state index contributed by atoms with van der Waals surface area (Å²) in [5, 5.41) is 2.58. The van der Waals surface area contributed by atoms with Gasteiger partial charge in [-0.15, -0.1) is 0 Å². The number of alkyl halides is 3. The van der Waals surface area contributed by atoms with Crippen LogP contribution in [0.4, 0.5) is 23.2 Å². The number of ether oxygens (including phenoxy) is 1. The molecule has 0 spiro atoms. The number of esters is 1. The standard InChI is InChI=1S/C36H27ClF4N2O5S/c1-35(34(45)48-2,26-14-8-23(9-15-26)25-12-18-31(38)30(37)21-25)42-33(44)29-20-24(22-10-16-27(17-11-22)36(39,40)41)13-19-32(29)43-49(46,47)28-6-4-3-5-7-28/h3-21,43H,1-2H3,(H,42,44). The highest BCUT2D eigenvalue weighted by molar-refractivity contribution is 7.92. The molecule has 7 nitrogen and oxygen atoms in total. The number of hydrogen-bond acceptors (Lipinski definition) is 5. The molecule has 0 fully saturated rings. The summed E-state index contributed by atoms with van der Waals surface area (Å²) in [6, 6.07) is 26.2. The highest BCUT2D eigenvalue weighted by Gasteiger charge is 2.39. The Hall–Kier alpha value is -5.20. The fourth-order valence-corrected chi connectivity index (χ4v) is 6.35. The van der Waals surface area contributed by atoms with E-state index in [-0.39, 0.29) is 26.7 Å². The largest absolute Gasteiger partial charge is 0.467 e. The van der Waals surface area contributed by atoms with Crippen LogP contribution in [0.5, 0.6) is 0 Å². The Morgan fingerprint density at radius 2 is 1.27 bits per heavy atom. The molecule has 5 rings (SSSR count). The minimum Gasteiger partial charge on any atom is -0.467 e. The van der Waals surface area contributed by atoms with Crippen molar-refractivity contribution in [1.82, 2.24) is 5.32 Å². The lowest BCUT2D eigenvalue weighted by molar-refractivity contribution is -0.148. The molecule has 0 bridgehead atoms. The predicted molar refractivity (Wildman–Crippen MR) is 178 cm³/mol. The highest BCUT2D eigenvalue weighted by Crippen LogP contribution is 2.34. The summed E-state index contributed by atoms with van der Waals surface area (Å²) in [7, 11) is -3.07. The molecule has 0 saturated carbocycles. The molecule has 0 aliphatic carbocycles. The Morgan fingerprint density at radius 1 is 0.735 bits per heavy atom. The van der Waals surface area contributed by atoms with Crippen molar-refractivity contribution in [2.45, 2.75) is 23.5 Å². The molecule has 13 heteroatoms. The van der Waals surface area contributed by atoms with Gasteiger partial charge in [-0.3, -0.25) is 9.52 Å². The van der Waals surface area contributed by atoms with E-state index in [1.807, 2.05) is 0 Å². The van der Waals surface area contributed by atoms with Crippen molar-refractivity contribution in [3.05, 3.63) is 143 Å². The normalized spacial score (nSPS) is 12.9. The van der Waals surface area contributed by atoms with Crippen molar-refractivity contribution in [3.8, 4) is 22.3 Å². The Bertz CT molecular complexity index is 2130. The number of anilines is 1. The molecule has 0 aliphatic heterocycles. The van der Waals surface area contributed by atoms with E-state index in [0.29, 0.717) is 22.3 Å². The molecule has 252 valence electrons. The van der Waals surface area contributed by atoms with E-state index >= 15 is 0 Å². The second kappa shape index (κ2) is 13.7. The van der Waals surface area contributed by atoms with E-state index in [2.05, 4.69) is 10.0 Å². The number of amides is 1. The van der Waals surface area contributed by atoms with E-state index in [4.69, 9.17) is 16.3 Å². The van der Waals surface area contributed by atoms with Crippen molar-refractivity contribution in [3.63, 3.8) is 0 Å². The van der Waals surface area contributed by atoms with Gasteiger partial charge < -0.3 is 10.1 Å². The second-order valence-electron chi connectivity index (χ2n) is 11.0. The van der Waals surface area contributed by atoms with Gasteiger partial charge in [0.1, 0.15) is 5.82 Å². The first kappa shape index (κ1) is 35.1. The van der Waals surface area contributed by atoms with Crippen LogP contribution in [0.15, 0.2) is 120 Å². The highest BCUT2D eigenvalue weighted by atomic mass is 35.5. The number of carbonyl (C=O) groups is 2. The minimum absolute atomic E-state index is 0.0783. The zero-order valence-electron chi connectivity index (χ0n) is 25.8. The van der Waals surface area contributed by atoms with Crippen LogP contribution in [0.1, 0.15) is 28.4 Å². The average Bonchev–Trinajstić information content (AvgIpc) is 3.09. The zero-order chi connectivity index (χ0) is 35.6. The molecule has 5 aromatic carbocycles. The number of benzene rings is 5. The van der Waals surface area contributed by atoms with Gasteiger partial charge >= 0.3 is 12.1 Å². The molecule has 0 saturated heterocycles. The van der Waals surface area contributed by atoms with E-state index in [1.54, 1.807) is 30.3 Å². The first-order chi connectivity index (χ1) is 23.1. The molecule has 0 aromatic heterocycles. The van der Waals surface area contributed by atoms with Gasteiger partial charge in [-0.2, -0.15) is 13.2 Å². The van der Waals surface area contributed by atoms with Crippen LogP contribution in [0.25, 0.3) is 22.3 Å². The second-order valence-corrected chi connectivity index (χ2v) is 13.1. The van der Waals surface area contributed by atoms with Gasteiger partial charge in [0.05, 0.1) is 33.8 Å². The summed E-state index contributed by atoms with van der Waals surface area (Å²) in [4.78, 5) is 27.2. The van der Waals surface area contributed by atoms with E-state index in [9.17, 15) is 35.6 Å². The van der Waals surface area contributed by atoms with Crippen molar-refractivity contribution in [2.75, 3.05) is 11.8 Å². The average molecular weight is 711 g/mol. The topological polar surface area (TPSA) is 102 Å². The van der Waals surface area contributed by atoms with Crippen molar-refractivity contribution < 1.29 is 40.3 Å². The van der Waals surface area contributed by atoms with Crippen LogP contribution in [0, 0.1) is 5.82 Å². The molecule has 0 heterocycles. The third kappa shape index (κ3) is 7.60. The molecular formula is C36H27ClF4N2O5S. The number of nitrogens with one attached hydrogen (secondary N) is 2. The van der Waals surface area contributed by atoms with Gasteiger partial charge in [0.2, 0.25) is 0 Å². The van der Waals surface area contributed by atoms with E-state index in [0.717, 1.165) is 19.2 Å². The summed E-state index contributed by atoms with van der Waals surface area (Å²) in [6.07, 6.45) is -4.56. The summed E-state index contributed by atoms with van der Waals surface area (Å²) in [5.74, 6) is -2.35. The van der Waals surface area contributed by atoms with Gasteiger partial charge in [0.25, 0.3) is 15.9 Å². The van der Waals surface area contributed by atoms with Crippen LogP contribution in [0.2, 0.25) is 5.02 Å². The quantitative estimate of drug-likeness (QED) is 0.118. The maximum atomic E-state index is 14.1. The molecule has 1 amide bonds. The fraction of sp³-hybridized carbons (Fsp3) is 0.111. The van der Waals surface area contributed by atoms with Gasteiger partial charge in [0.15, 0.2) is 5.54 Å². The smallest absolute Gasteiger partial charge is 0.416 e. The molecule has 1 atom stereocenters. The summed E-state index contributed by atoms with van der Waals surface area (Å²) >= 11 is 5.93. The predicted octanol–water partition coefficient (Wildman–Crippen LogP) is 8.45. The van der Waals surface area contributed by atoms with Gasteiger partial charge in [-0.05, 0) is 83.3 Å². The van der Waals surface area contributed by atoms with Crippen molar-refractivity contribution in [1.29, 1.82) is 0 Å². The first-order valence-corrected chi connectivity index (χ1v) is 16.3. The number of halogens is 5. The molecule has 2 N–H and O–H groups in total. The number of methoxy groups -OCH3 is 1. The number of rotatable bonds is 9. The van der Waals surface area contributed by atoms with Gasteiger partial charge in [0, 0.05) is 0 Å². The summed E-state index contributed by atoms with van der Waals surface area (Å²) in [6.45, 7) is 1.40. The number of carbonyl (C=O) groups excluding carboxylic acids is 2. The molecule has 5 aromatic rings. The lowest BCUT2D eigenvalue weighted by Gasteiger charge is -2.29. The monoisotopic (exact) mass is 710 g/mol. The fourth-order valence-electron chi connectivity index (χ4n) is 5.07. The molecule has 49 heavy (non-hydrogen) atoms. The van der Waals surface area contributed by atoms with Crippen molar-refractivity contribution >= 4 is 39.2 Å². The van der Waals surface area contributed by atoms with Gasteiger partial charge in [-0.25, -0.2) is 17.6 Å². The number of sulfonamides is 1.